The molecule has 0 aliphatic heterocycles. The Labute approximate surface area is 270 Å². The van der Waals surface area contributed by atoms with Crippen LogP contribution in [-0.2, 0) is 0 Å². The van der Waals surface area contributed by atoms with Crippen molar-refractivity contribution in [3.05, 3.63) is 157 Å². The molecule has 0 spiro atoms. The topological polar surface area (TPSA) is 13.1 Å². The van der Waals surface area contributed by atoms with Crippen LogP contribution in [0.15, 0.2) is 162 Å². The summed E-state index contributed by atoms with van der Waals surface area (Å²) in [4.78, 5) is 0. The molecule has 0 radical (unpaired) electrons. The number of rotatable bonds is 3. The fourth-order valence-electron chi connectivity index (χ4n) is 5.65. The molecule has 0 bridgehead atoms. The third-order valence-electron chi connectivity index (χ3n) is 7.68. The summed E-state index contributed by atoms with van der Waals surface area (Å²) in [6, 6.07) is 10.7. The van der Waals surface area contributed by atoms with E-state index in [2.05, 4.69) is 0 Å². The summed E-state index contributed by atoms with van der Waals surface area (Å²) in [6.45, 7) is 0. The van der Waals surface area contributed by atoms with Crippen molar-refractivity contribution in [1.82, 2.24) is 0 Å². The zero-order valence-corrected chi connectivity index (χ0v) is 22.3. The Morgan fingerprint density at radius 1 is 0.395 bits per heavy atom. The molecule has 1 aromatic heterocycles. The van der Waals surface area contributed by atoms with Crippen LogP contribution in [0.2, 0.25) is 0 Å². The van der Waals surface area contributed by atoms with Gasteiger partial charge in [0.15, 0.2) is 0 Å². The van der Waals surface area contributed by atoms with E-state index >= 15 is 0 Å². The van der Waals surface area contributed by atoms with Crippen molar-refractivity contribution in [2.24, 2.45) is 0 Å². The van der Waals surface area contributed by atoms with Gasteiger partial charge < -0.3 is 4.42 Å². The van der Waals surface area contributed by atoms with Crippen LogP contribution >= 0.6 is 0 Å². The highest BCUT2D eigenvalue weighted by molar-refractivity contribution is 6.14. The van der Waals surface area contributed by atoms with Gasteiger partial charge in [0.2, 0.25) is 0 Å². The van der Waals surface area contributed by atoms with E-state index in [1.807, 2.05) is 48.5 Å². The molecule has 0 saturated carbocycles. The second kappa shape index (κ2) is 9.44. The highest BCUT2D eigenvalue weighted by Gasteiger charge is 2.15. The molecular weight excluding hydrogens is 520 g/mol. The summed E-state index contributed by atoms with van der Waals surface area (Å²) < 4.78 is 140. The molecule has 0 aliphatic rings. The van der Waals surface area contributed by atoms with Gasteiger partial charge in [0.05, 0.1) is 20.6 Å². The summed E-state index contributed by atoms with van der Waals surface area (Å²) in [5.74, 6) is 0. The zero-order valence-electron chi connectivity index (χ0n) is 37.3. The van der Waals surface area contributed by atoms with E-state index in [4.69, 9.17) is 19.5 Å². The smallest absolute Gasteiger partial charge is 0.136 e. The second-order valence-electron chi connectivity index (χ2n) is 10.1. The fourth-order valence-corrected chi connectivity index (χ4v) is 5.65. The van der Waals surface area contributed by atoms with E-state index in [0.29, 0.717) is 11.2 Å². The van der Waals surface area contributed by atoms with Gasteiger partial charge in [0.1, 0.15) is 11.2 Å². The van der Waals surface area contributed by atoms with Crippen LogP contribution in [0.3, 0.4) is 0 Å². The Bertz CT molecular complexity index is 3330. The Balaban J connectivity index is 1.47. The Hall–Kier alpha value is -5.66. The minimum atomic E-state index is -0.748. The van der Waals surface area contributed by atoms with Crippen LogP contribution in [0, 0.1) is 0 Å². The maximum Gasteiger partial charge on any atom is 0.136 e. The third-order valence-corrected chi connectivity index (χ3v) is 7.68. The molecule has 9 aromatic rings. The van der Waals surface area contributed by atoms with Crippen LogP contribution in [-0.4, -0.2) is 0 Å². The molecule has 8 aromatic carbocycles. The first kappa shape index (κ1) is 13.5. The molecule has 0 N–H and O–H groups in total. The van der Waals surface area contributed by atoms with Crippen LogP contribution < -0.4 is 0 Å². The van der Waals surface area contributed by atoms with Crippen molar-refractivity contribution >= 4 is 54.3 Å². The van der Waals surface area contributed by atoms with Crippen LogP contribution in [0.4, 0.5) is 0 Å². The summed E-state index contributed by atoms with van der Waals surface area (Å²) in [6.07, 6.45) is 0. The maximum atomic E-state index is 9.60. The lowest BCUT2D eigenvalue weighted by Crippen LogP contribution is -1.88. The number of fused-ring (bicyclic) bond motifs is 6. The van der Waals surface area contributed by atoms with Crippen molar-refractivity contribution < 1.29 is 25.0 Å². The van der Waals surface area contributed by atoms with E-state index in [1.165, 1.54) is 0 Å². The summed E-state index contributed by atoms with van der Waals surface area (Å²) >= 11 is 0. The molecule has 43 heavy (non-hydrogen) atoms. The average molecular weight is 562 g/mol. The molecule has 0 unspecified atom stereocenters. The van der Waals surface area contributed by atoms with Crippen molar-refractivity contribution in [2.75, 3.05) is 0 Å². The maximum absolute atomic E-state index is 9.60. The SMILES string of the molecule is [2H]c1c([2H])c([2H])c2c(-c3c([2H])c([2H])c(-c4ccc5c(c4)oc4ccc(-c6ccccc6)cc45)c4c([2H])c5c([2H])c([2H])c([2H])c([2H])c5c([2H])c34)c([2H])c([2H])c([2H])c2c1[2H]. The van der Waals surface area contributed by atoms with Crippen molar-refractivity contribution in [3.63, 3.8) is 0 Å². The predicted molar refractivity (Wildman–Crippen MR) is 183 cm³/mol. The van der Waals surface area contributed by atoms with Gasteiger partial charge >= 0.3 is 0 Å². The van der Waals surface area contributed by atoms with Crippen LogP contribution in [0.5, 0.6) is 0 Å². The lowest BCUT2D eigenvalue weighted by Gasteiger charge is -2.15. The monoisotopic (exact) mass is 561 g/mol. The summed E-state index contributed by atoms with van der Waals surface area (Å²) in [5.41, 5.74) is 2.23. The highest BCUT2D eigenvalue weighted by Crippen LogP contribution is 2.41. The van der Waals surface area contributed by atoms with Gasteiger partial charge in [-0.05, 0) is 102 Å². The van der Waals surface area contributed by atoms with Crippen molar-refractivity contribution in [3.8, 4) is 33.4 Å². The number of hydrogen-bond donors (Lipinski definition) is 0. The Morgan fingerprint density at radius 3 is 1.91 bits per heavy atom. The van der Waals surface area contributed by atoms with E-state index in [0.717, 1.165) is 21.9 Å². The van der Waals surface area contributed by atoms with E-state index in [9.17, 15) is 5.48 Å². The molecule has 0 atom stereocenters. The third kappa shape index (κ3) is 3.86. The van der Waals surface area contributed by atoms with Crippen LogP contribution in [0.25, 0.3) is 87.6 Å². The van der Waals surface area contributed by atoms with E-state index in [-0.39, 0.29) is 32.7 Å². The zero-order chi connectivity index (χ0) is 41.4. The van der Waals surface area contributed by atoms with Gasteiger partial charge in [-0.1, -0.05) is 121 Å². The highest BCUT2D eigenvalue weighted by atomic mass is 16.3. The number of furan rings is 1. The lowest BCUT2D eigenvalue weighted by atomic mass is 9.88. The largest absolute Gasteiger partial charge is 0.456 e. The molecule has 0 saturated heterocycles. The van der Waals surface area contributed by atoms with Crippen molar-refractivity contribution in [2.45, 2.75) is 0 Å². The predicted octanol–water partition coefficient (Wildman–Crippen LogP) is 12.0. The molecule has 1 nitrogen and oxygen atoms in total. The lowest BCUT2D eigenvalue weighted by molar-refractivity contribution is 0.669. The summed E-state index contributed by atoms with van der Waals surface area (Å²) in [5, 5.41) is -0.516. The van der Waals surface area contributed by atoms with Crippen LogP contribution in [0.1, 0.15) is 20.6 Å². The Kier molecular flexibility index (Phi) is 2.97. The second-order valence-corrected chi connectivity index (χ2v) is 10.1. The molecular formula is C42H26O. The van der Waals surface area contributed by atoms with Gasteiger partial charge in [-0.3, -0.25) is 0 Å². The van der Waals surface area contributed by atoms with Gasteiger partial charge in [-0.15, -0.1) is 0 Å². The Morgan fingerprint density at radius 2 is 1.07 bits per heavy atom. The minimum absolute atomic E-state index is 0.0650. The van der Waals surface area contributed by atoms with Gasteiger partial charge in [0.25, 0.3) is 0 Å². The van der Waals surface area contributed by atoms with E-state index < -0.39 is 113 Å². The standard InChI is InChI=1S/C42H26O/c1-2-9-27(10-3-1)31-18-22-41-40(25-31)37-19-17-32(26-42(37)43-41)34-20-21-36(35-16-8-14-28-11-6-7-15-33(28)35)39-24-30-13-5-4-12-29(30)23-38(34)39/h1-26H/i4D,5D,6D,7D,8D,11D,12D,13D,14D,15D,16D,20D,21D,23D,24D. The molecule has 1 heterocycles. The van der Waals surface area contributed by atoms with Gasteiger partial charge in [-0.2, -0.15) is 0 Å². The number of benzene rings is 8. The quantitative estimate of drug-likeness (QED) is 0.196. The molecule has 0 fully saturated rings. The van der Waals surface area contributed by atoms with Crippen molar-refractivity contribution in [1.29, 1.82) is 0 Å². The minimum Gasteiger partial charge on any atom is -0.456 e. The molecule has 200 valence electrons. The molecule has 9 rings (SSSR count). The first-order valence-corrected chi connectivity index (χ1v) is 13.5. The van der Waals surface area contributed by atoms with Gasteiger partial charge in [-0.25, -0.2) is 0 Å². The molecule has 0 aliphatic carbocycles. The average Bonchev–Trinajstić information content (AvgIpc) is 3.59. The first-order valence-electron chi connectivity index (χ1n) is 21.0. The first-order chi connectivity index (χ1) is 27.6. The normalized spacial score (nSPS) is 16.6. The molecule has 0 amide bonds. The van der Waals surface area contributed by atoms with E-state index in [1.54, 1.807) is 18.2 Å². The summed E-state index contributed by atoms with van der Waals surface area (Å²) in [7, 11) is 0. The van der Waals surface area contributed by atoms with Gasteiger partial charge in [0, 0.05) is 10.8 Å². The number of hydrogen-bond acceptors (Lipinski definition) is 1. The fraction of sp³-hybridized carbons (Fsp3) is 0. The molecule has 1 heteroatoms.